The second-order valence-corrected chi connectivity index (χ2v) is 4.57. The molecule has 0 aromatic heterocycles. The Bertz CT molecular complexity index is 193. The fraction of sp³-hybridized carbons (Fsp3) is 1.00. The van der Waals surface area contributed by atoms with Crippen LogP contribution >= 0.6 is 0 Å². The van der Waals surface area contributed by atoms with Crippen molar-refractivity contribution in [1.29, 1.82) is 0 Å². The van der Waals surface area contributed by atoms with E-state index in [1.807, 2.05) is 4.90 Å². The van der Waals surface area contributed by atoms with E-state index in [2.05, 4.69) is 0 Å². The lowest BCUT2D eigenvalue weighted by molar-refractivity contribution is -0.169. The van der Waals surface area contributed by atoms with Crippen LogP contribution < -0.4 is 0 Å². The molecule has 6 nitrogen and oxygen atoms in total. The van der Waals surface area contributed by atoms with E-state index in [1.54, 1.807) is 0 Å². The topological polar surface area (TPSA) is 71.4 Å². The fourth-order valence-electron chi connectivity index (χ4n) is 2.00. The third-order valence-corrected chi connectivity index (χ3v) is 3.05. The maximum Gasteiger partial charge on any atom is 0.157 e. The molecule has 0 spiro atoms. The molecule has 1 rings (SSSR count). The first-order valence-corrected chi connectivity index (χ1v) is 7.12. The average Bonchev–Trinajstić information content (AvgIpc) is 2.44. The molecule has 1 unspecified atom stereocenters. The van der Waals surface area contributed by atoms with E-state index in [9.17, 15) is 0 Å². The number of aliphatic hydroxyl groups is 2. The van der Waals surface area contributed by atoms with Crippen LogP contribution in [-0.4, -0.2) is 80.7 Å². The van der Waals surface area contributed by atoms with Gasteiger partial charge < -0.3 is 24.4 Å². The summed E-state index contributed by atoms with van der Waals surface area (Å²) < 4.78 is 16.5. The van der Waals surface area contributed by atoms with E-state index in [1.165, 1.54) is 6.42 Å². The maximum absolute atomic E-state index is 8.85. The lowest BCUT2D eigenvalue weighted by Gasteiger charge is -2.23. The van der Waals surface area contributed by atoms with Gasteiger partial charge in [0.15, 0.2) is 6.29 Å². The summed E-state index contributed by atoms with van der Waals surface area (Å²) in [7, 11) is 0. The monoisotopic (exact) mass is 277 g/mol. The Balaban J connectivity index is 1.91. The maximum atomic E-state index is 8.85. The van der Waals surface area contributed by atoms with Crippen LogP contribution in [0, 0.1) is 0 Å². The van der Waals surface area contributed by atoms with Crippen molar-refractivity contribution >= 4 is 0 Å². The number of ether oxygens (including phenoxy) is 3. The molecule has 2 N–H and O–H groups in total. The molecular weight excluding hydrogens is 250 g/mol. The Kier molecular flexibility index (Phi) is 10.2. The van der Waals surface area contributed by atoms with E-state index in [0.717, 1.165) is 19.4 Å². The molecule has 1 heterocycles. The normalized spacial score (nSPS) is 20.1. The van der Waals surface area contributed by atoms with E-state index >= 15 is 0 Å². The van der Waals surface area contributed by atoms with Crippen molar-refractivity contribution < 1.29 is 24.4 Å². The molecule has 0 radical (unpaired) electrons. The first-order chi connectivity index (χ1) is 9.36. The largest absolute Gasteiger partial charge is 0.395 e. The zero-order valence-corrected chi connectivity index (χ0v) is 11.6. The lowest BCUT2D eigenvalue weighted by atomic mass is 10.2. The summed E-state index contributed by atoms with van der Waals surface area (Å²) >= 11 is 0. The Labute approximate surface area is 115 Å². The molecule has 1 aliphatic rings. The second-order valence-electron chi connectivity index (χ2n) is 4.57. The van der Waals surface area contributed by atoms with Crippen molar-refractivity contribution in [3.8, 4) is 0 Å². The van der Waals surface area contributed by atoms with Crippen molar-refractivity contribution in [1.82, 2.24) is 4.90 Å². The summed E-state index contributed by atoms with van der Waals surface area (Å²) in [4.78, 5) is 1.96. The summed E-state index contributed by atoms with van der Waals surface area (Å²) in [5.41, 5.74) is 0. The van der Waals surface area contributed by atoms with Gasteiger partial charge in [-0.2, -0.15) is 0 Å². The molecular formula is C13H27NO5. The quantitative estimate of drug-likeness (QED) is 0.511. The highest BCUT2D eigenvalue weighted by molar-refractivity contribution is 4.56. The Morgan fingerprint density at radius 1 is 1.00 bits per heavy atom. The van der Waals surface area contributed by atoms with E-state index < -0.39 is 0 Å². The van der Waals surface area contributed by atoms with Gasteiger partial charge in [0.2, 0.25) is 0 Å². The number of hydrogen-bond donors (Lipinski definition) is 2. The minimum Gasteiger partial charge on any atom is -0.395 e. The highest BCUT2D eigenvalue weighted by Crippen LogP contribution is 2.13. The summed E-state index contributed by atoms with van der Waals surface area (Å²) in [5, 5.41) is 17.7. The van der Waals surface area contributed by atoms with E-state index in [-0.39, 0.29) is 19.5 Å². The van der Waals surface area contributed by atoms with Crippen molar-refractivity contribution in [2.75, 3.05) is 59.3 Å². The molecule has 0 aromatic rings. The van der Waals surface area contributed by atoms with Crippen LogP contribution in [0.15, 0.2) is 0 Å². The molecule has 114 valence electrons. The Morgan fingerprint density at radius 2 is 1.79 bits per heavy atom. The first-order valence-electron chi connectivity index (χ1n) is 7.12. The predicted octanol–water partition coefficient (Wildman–Crippen LogP) is -0.167. The molecule has 0 saturated carbocycles. The molecule has 1 fully saturated rings. The third-order valence-electron chi connectivity index (χ3n) is 3.05. The molecule has 1 aliphatic heterocycles. The van der Waals surface area contributed by atoms with Crippen LogP contribution in [0.2, 0.25) is 0 Å². The lowest BCUT2D eigenvalue weighted by Crippen LogP contribution is -2.33. The minimum absolute atomic E-state index is 0.0578. The summed E-state index contributed by atoms with van der Waals surface area (Å²) in [6, 6.07) is 0. The van der Waals surface area contributed by atoms with Crippen LogP contribution in [0.25, 0.3) is 0 Å². The Hall–Kier alpha value is -0.240. The molecule has 6 heteroatoms. The highest BCUT2D eigenvalue weighted by Gasteiger charge is 2.13. The second kappa shape index (κ2) is 11.6. The average molecular weight is 277 g/mol. The molecule has 19 heavy (non-hydrogen) atoms. The van der Waals surface area contributed by atoms with Gasteiger partial charge in [-0.1, -0.05) is 0 Å². The zero-order valence-electron chi connectivity index (χ0n) is 11.6. The van der Waals surface area contributed by atoms with Crippen LogP contribution in [0.5, 0.6) is 0 Å². The van der Waals surface area contributed by atoms with Gasteiger partial charge in [0, 0.05) is 26.2 Å². The molecule has 0 aliphatic carbocycles. The summed E-state index contributed by atoms with van der Waals surface area (Å²) in [5.74, 6) is 0. The molecule has 1 atom stereocenters. The van der Waals surface area contributed by atoms with Crippen molar-refractivity contribution in [2.24, 2.45) is 0 Å². The number of aliphatic hydroxyl groups excluding tert-OH is 2. The van der Waals surface area contributed by atoms with Gasteiger partial charge in [-0.3, -0.25) is 4.90 Å². The van der Waals surface area contributed by atoms with E-state index in [0.29, 0.717) is 39.5 Å². The van der Waals surface area contributed by atoms with Gasteiger partial charge in [-0.15, -0.1) is 0 Å². The third kappa shape index (κ3) is 8.52. The van der Waals surface area contributed by atoms with Crippen LogP contribution in [0.3, 0.4) is 0 Å². The van der Waals surface area contributed by atoms with Gasteiger partial charge in [0.1, 0.15) is 0 Å². The Morgan fingerprint density at radius 3 is 2.42 bits per heavy atom. The number of hydrogen-bond acceptors (Lipinski definition) is 6. The highest BCUT2D eigenvalue weighted by atomic mass is 16.7. The van der Waals surface area contributed by atoms with Gasteiger partial charge >= 0.3 is 0 Å². The molecule has 0 aromatic carbocycles. The minimum atomic E-state index is -0.0578. The van der Waals surface area contributed by atoms with Crippen molar-refractivity contribution in [3.05, 3.63) is 0 Å². The van der Waals surface area contributed by atoms with Crippen LogP contribution in [0.1, 0.15) is 19.3 Å². The van der Waals surface area contributed by atoms with Crippen molar-refractivity contribution in [2.45, 2.75) is 25.6 Å². The SMILES string of the molecule is OCCN(CCO)CCOCCOC1CCCCO1. The van der Waals surface area contributed by atoms with Crippen LogP contribution in [0.4, 0.5) is 0 Å². The summed E-state index contributed by atoms with van der Waals surface area (Å²) in [6.45, 7) is 4.51. The van der Waals surface area contributed by atoms with E-state index in [4.69, 9.17) is 24.4 Å². The first kappa shape index (κ1) is 16.8. The summed E-state index contributed by atoms with van der Waals surface area (Å²) in [6.07, 6.45) is 3.21. The van der Waals surface area contributed by atoms with Crippen LogP contribution in [-0.2, 0) is 14.2 Å². The van der Waals surface area contributed by atoms with Gasteiger partial charge in [-0.05, 0) is 19.3 Å². The van der Waals surface area contributed by atoms with Gasteiger partial charge in [0.05, 0.1) is 33.0 Å². The number of nitrogens with zero attached hydrogens (tertiary/aromatic N) is 1. The molecule has 0 bridgehead atoms. The van der Waals surface area contributed by atoms with Gasteiger partial charge in [-0.25, -0.2) is 0 Å². The molecule has 0 amide bonds. The van der Waals surface area contributed by atoms with Crippen molar-refractivity contribution in [3.63, 3.8) is 0 Å². The predicted molar refractivity (Wildman–Crippen MR) is 71.0 cm³/mol. The smallest absolute Gasteiger partial charge is 0.157 e. The fourth-order valence-corrected chi connectivity index (χ4v) is 2.00. The zero-order chi connectivity index (χ0) is 13.8. The molecule has 1 saturated heterocycles. The standard InChI is InChI=1S/C13H27NO5/c15-7-4-14(5-8-16)6-10-17-11-12-19-13-3-1-2-9-18-13/h13,15-16H,1-12H2. The number of rotatable bonds is 11. The van der Waals surface area contributed by atoms with Gasteiger partial charge in [0.25, 0.3) is 0 Å².